The van der Waals surface area contributed by atoms with E-state index in [2.05, 4.69) is 22.1 Å². The van der Waals surface area contributed by atoms with E-state index in [-0.39, 0.29) is 19.1 Å². The molecule has 0 aliphatic heterocycles. The minimum absolute atomic E-state index is 0.186. The van der Waals surface area contributed by atoms with Gasteiger partial charge in [-0.05, 0) is 43.3 Å². The van der Waals surface area contributed by atoms with Gasteiger partial charge in [0.1, 0.15) is 12.4 Å². The van der Waals surface area contributed by atoms with Gasteiger partial charge in [-0.15, -0.1) is 0 Å². The van der Waals surface area contributed by atoms with Crippen LogP contribution in [0.5, 0.6) is 5.75 Å². The normalized spacial score (nSPS) is 9.55. The summed E-state index contributed by atoms with van der Waals surface area (Å²) >= 11 is 5.76. The standard InChI is InChI=1S/C17H15ClN2O2/c1-13-4-9-16(12-20-13)22-11-3-2-10-19-17(21)14-5-7-15(18)8-6-14/h4-9,12H,10-11H2,1H3,(H,19,21). The van der Waals surface area contributed by atoms with Crippen molar-refractivity contribution in [2.75, 3.05) is 13.2 Å². The van der Waals surface area contributed by atoms with Gasteiger partial charge in [-0.2, -0.15) is 0 Å². The Kier molecular flexibility index (Phi) is 5.81. The van der Waals surface area contributed by atoms with Crippen molar-refractivity contribution in [2.45, 2.75) is 6.92 Å². The fourth-order valence-corrected chi connectivity index (χ4v) is 1.73. The molecule has 2 aromatic rings. The van der Waals surface area contributed by atoms with Crippen molar-refractivity contribution in [3.63, 3.8) is 0 Å². The summed E-state index contributed by atoms with van der Waals surface area (Å²) < 4.78 is 5.40. The Morgan fingerprint density at radius 2 is 2.00 bits per heavy atom. The Morgan fingerprint density at radius 3 is 2.68 bits per heavy atom. The van der Waals surface area contributed by atoms with Crippen LogP contribution in [-0.4, -0.2) is 24.0 Å². The fourth-order valence-electron chi connectivity index (χ4n) is 1.60. The molecule has 4 nitrogen and oxygen atoms in total. The number of nitrogens with zero attached hydrogens (tertiary/aromatic N) is 1. The molecule has 0 spiro atoms. The Hall–Kier alpha value is -2.51. The van der Waals surface area contributed by atoms with Crippen molar-refractivity contribution >= 4 is 17.5 Å². The number of hydrogen-bond acceptors (Lipinski definition) is 3. The average molecular weight is 315 g/mol. The van der Waals surface area contributed by atoms with E-state index in [1.165, 1.54) is 0 Å². The number of hydrogen-bond donors (Lipinski definition) is 1. The molecule has 0 atom stereocenters. The van der Waals surface area contributed by atoms with Crippen LogP contribution in [0.25, 0.3) is 0 Å². The van der Waals surface area contributed by atoms with Gasteiger partial charge in [0.2, 0.25) is 0 Å². The minimum atomic E-state index is -0.186. The molecule has 0 fully saturated rings. The summed E-state index contributed by atoms with van der Waals surface area (Å²) in [4.78, 5) is 15.9. The third-order valence-electron chi connectivity index (χ3n) is 2.76. The number of rotatable bonds is 4. The molecule has 0 aliphatic rings. The van der Waals surface area contributed by atoms with Crippen molar-refractivity contribution in [3.8, 4) is 17.6 Å². The largest absolute Gasteiger partial charge is 0.479 e. The highest BCUT2D eigenvalue weighted by molar-refractivity contribution is 6.30. The van der Waals surface area contributed by atoms with Crippen LogP contribution in [0.2, 0.25) is 5.02 Å². The SMILES string of the molecule is Cc1ccc(OCC#CCNC(=O)c2ccc(Cl)cc2)cn1. The van der Waals surface area contributed by atoms with Crippen LogP contribution in [0.4, 0.5) is 0 Å². The lowest BCUT2D eigenvalue weighted by Crippen LogP contribution is -2.23. The Balaban J connectivity index is 1.71. The van der Waals surface area contributed by atoms with Crippen LogP contribution in [0.3, 0.4) is 0 Å². The van der Waals surface area contributed by atoms with Crippen molar-refractivity contribution < 1.29 is 9.53 Å². The van der Waals surface area contributed by atoms with Gasteiger partial charge in [0.05, 0.1) is 12.7 Å². The smallest absolute Gasteiger partial charge is 0.252 e. The molecule has 0 bridgehead atoms. The van der Waals surface area contributed by atoms with Gasteiger partial charge < -0.3 is 10.1 Å². The summed E-state index contributed by atoms with van der Waals surface area (Å²) in [5, 5.41) is 3.30. The Bertz CT molecular complexity index is 685. The average Bonchev–Trinajstić information content (AvgIpc) is 2.53. The number of nitrogens with one attached hydrogen (secondary N) is 1. The zero-order chi connectivity index (χ0) is 15.8. The maximum absolute atomic E-state index is 11.8. The number of carbonyl (C=O) groups is 1. The second-order valence-corrected chi connectivity index (χ2v) is 4.90. The molecule has 0 saturated heterocycles. The summed E-state index contributed by atoms with van der Waals surface area (Å²) in [5.41, 5.74) is 1.48. The zero-order valence-electron chi connectivity index (χ0n) is 12.1. The first-order chi connectivity index (χ1) is 10.6. The fraction of sp³-hybridized carbons (Fsp3) is 0.176. The molecule has 1 heterocycles. The zero-order valence-corrected chi connectivity index (χ0v) is 12.9. The number of amides is 1. The number of pyridine rings is 1. The summed E-state index contributed by atoms with van der Waals surface area (Å²) in [6.45, 7) is 2.42. The lowest BCUT2D eigenvalue weighted by Gasteiger charge is -2.02. The van der Waals surface area contributed by atoms with Crippen LogP contribution in [0.1, 0.15) is 16.1 Å². The highest BCUT2D eigenvalue weighted by atomic mass is 35.5. The Labute approximate surface area is 134 Å². The molecule has 5 heteroatoms. The lowest BCUT2D eigenvalue weighted by molar-refractivity contribution is 0.0958. The first-order valence-corrected chi connectivity index (χ1v) is 7.08. The Morgan fingerprint density at radius 1 is 1.23 bits per heavy atom. The minimum Gasteiger partial charge on any atom is -0.479 e. The molecular formula is C17H15ClN2O2. The third kappa shape index (κ3) is 5.12. The molecule has 1 aromatic carbocycles. The summed E-state index contributed by atoms with van der Waals surface area (Å²) in [5.74, 6) is 6.14. The van der Waals surface area contributed by atoms with Gasteiger partial charge in [-0.1, -0.05) is 23.4 Å². The first kappa shape index (κ1) is 15.9. The number of carbonyl (C=O) groups excluding carboxylic acids is 1. The van der Waals surface area contributed by atoms with Crippen molar-refractivity contribution in [1.82, 2.24) is 10.3 Å². The van der Waals surface area contributed by atoms with E-state index in [1.54, 1.807) is 30.5 Å². The summed E-state index contributed by atoms with van der Waals surface area (Å²) in [7, 11) is 0. The quantitative estimate of drug-likeness (QED) is 0.883. The second-order valence-electron chi connectivity index (χ2n) is 4.47. The molecule has 0 radical (unpaired) electrons. The maximum Gasteiger partial charge on any atom is 0.252 e. The molecule has 1 amide bonds. The van der Waals surface area contributed by atoms with E-state index in [9.17, 15) is 4.79 Å². The molecule has 0 unspecified atom stereocenters. The van der Waals surface area contributed by atoms with Crippen molar-refractivity contribution in [1.29, 1.82) is 0 Å². The van der Waals surface area contributed by atoms with E-state index >= 15 is 0 Å². The molecule has 1 aromatic heterocycles. The van der Waals surface area contributed by atoms with Gasteiger partial charge >= 0.3 is 0 Å². The first-order valence-electron chi connectivity index (χ1n) is 6.70. The van der Waals surface area contributed by atoms with Gasteiger partial charge in [-0.3, -0.25) is 9.78 Å². The number of aryl methyl sites for hydroxylation is 1. The number of benzene rings is 1. The van der Waals surface area contributed by atoms with Crippen LogP contribution >= 0.6 is 11.6 Å². The highest BCUT2D eigenvalue weighted by Crippen LogP contribution is 2.09. The number of ether oxygens (including phenoxy) is 1. The van der Waals surface area contributed by atoms with E-state index in [0.717, 1.165) is 5.69 Å². The van der Waals surface area contributed by atoms with E-state index in [4.69, 9.17) is 16.3 Å². The van der Waals surface area contributed by atoms with Gasteiger partial charge in [0.25, 0.3) is 5.91 Å². The molecule has 112 valence electrons. The topological polar surface area (TPSA) is 51.2 Å². The van der Waals surface area contributed by atoms with E-state index in [1.807, 2.05) is 19.1 Å². The summed E-state index contributed by atoms with van der Waals surface area (Å²) in [6.07, 6.45) is 1.65. The number of aromatic nitrogens is 1. The maximum atomic E-state index is 11.8. The number of halogens is 1. The predicted octanol–water partition coefficient (Wildman–Crippen LogP) is 2.86. The molecule has 0 aliphatic carbocycles. The van der Waals surface area contributed by atoms with Gasteiger partial charge in [0.15, 0.2) is 0 Å². The van der Waals surface area contributed by atoms with Crippen LogP contribution < -0.4 is 10.1 Å². The molecule has 2 rings (SSSR count). The molecule has 22 heavy (non-hydrogen) atoms. The van der Waals surface area contributed by atoms with Crippen molar-refractivity contribution in [3.05, 3.63) is 58.9 Å². The molecule has 0 saturated carbocycles. The van der Waals surface area contributed by atoms with Crippen LogP contribution in [0.15, 0.2) is 42.6 Å². The van der Waals surface area contributed by atoms with E-state index < -0.39 is 0 Å². The third-order valence-corrected chi connectivity index (χ3v) is 3.02. The lowest BCUT2D eigenvalue weighted by atomic mass is 10.2. The van der Waals surface area contributed by atoms with Crippen molar-refractivity contribution in [2.24, 2.45) is 0 Å². The predicted molar refractivity (Wildman–Crippen MR) is 86.0 cm³/mol. The molecule has 1 N–H and O–H groups in total. The second kappa shape index (κ2) is 8.06. The summed E-state index contributed by atoms with van der Waals surface area (Å²) in [6, 6.07) is 10.4. The molecular weight excluding hydrogens is 300 g/mol. The highest BCUT2D eigenvalue weighted by Gasteiger charge is 2.02. The van der Waals surface area contributed by atoms with Crippen LogP contribution in [0, 0.1) is 18.8 Å². The monoisotopic (exact) mass is 314 g/mol. The van der Waals surface area contributed by atoms with Gasteiger partial charge in [-0.25, -0.2) is 0 Å². The van der Waals surface area contributed by atoms with E-state index in [0.29, 0.717) is 16.3 Å². The van der Waals surface area contributed by atoms with Crippen LogP contribution in [-0.2, 0) is 0 Å². The van der Waals surface area contributed by atoms with Gasteiger partial charge in [0, 0.05) is 16.3 Å².